The average Bonchev–Trinajstić information content (AvgIpc) is 2.94. The second kappa shape index (κ2) is 16.3. The Morgan fingerprint density at radius 1 is 0.786 bits per heavy atom. The minimum atomic E-state index is -1.42. The maximum absolute atomic E-state index is 13.0. The molecule has 0 bridgehead atoms. The van der Waals surface area contributed by atoms with Gasteiger partial charge in [0.25, 0.3) is 0 Å². The van der Waals surface area contributed by atoms with Gasteiger partial charge < -0.3 is 42.9 Å². The van der Waals surface area contributed by atoms with Crippen LogP contribution in [0.1, 0.15) is 30.9 Å². The maximum atomic E-state index is 13.0. The molecule has 14 nitrogen and oxygen atoms in total. The first-order chi connectivity index (χ1) is 19.8. The van der Waals surface area contributed by atoms with Crippen molar-refractivity contribution in [2.75, 3.05) is 6.54 Å². The molecule has 0 aliphatic rings. The van der Waals surface area contributed by atoms with Crippen LogP contribution in [-0.2, 0) is 41.6 Å². The van der Waals surface area contributed by atoms with Crippen LogP contribution in [0.3, 0.4) is 0 Å². The molecule has 14 heteroatoms. The van der Waals surface area contributed by atoms with E-state index in [9.17, 15) is 39.0 Å². The standard InChI is InChI=1S/C28H36N6O8/c1-16(32-24(37)15-31-26(39)20(29)13-18-7-9-19(35)10-8-18)25(38)34-22(14-17-5-3-2-4-6-17)27(40)33-21(28(41)42)11-12-23(30)36/h2-10,16,20-22,35H,11-15,29H2,1H3,(H2,30,36)(H,31,39)(H,32,37)(H,33,40)(H,34,38)(H,41,42)/t16-,20-,21-,22-/m0/s1. The Labute approximate surface area is 242 Å². The highest BCUT2D eigenvalue weighted by molar-refractivity contribution is 5.94. The Hall–Kier alpha value is -4.98. The van der Waals surface area contributed by atoms with E-state index in [1.165, 1.54) is 19.1 Å². The zero-order valence-corrected chi connectivity index (χ0v) is 23.0. The molecule has 0 aromatic heterocycles. The van der Waals surface area contributed by atoms with Crippen molar-refractivity contribution >= 4 is 35.5 Å². The molecule has 0 spiro atoms. The average molecular weight is 585 g/mol. The van der Waals surface area contributed by atoms with E-state index in [2.05, 4.69) is 21.3 Å². The van der Waals surface area contributed by atoms with Crippen LogP contribution in [0.5, 0.6) is 5.75 Å². The van der Waals surface area contributed by atoms with Gasteiger partial charge in [-0.3, -0.25) is 24.0 Å². The minimum absolute atomic E-state index is 0.0101. The monoisotopic (exact) mass is 584 g/mol. The molecule has 0 radical (unpaired) electrons. The summed E-state index contributed by atoms with van der Waals surface area (Å²) in [5.41, 5.74) is 12.4. The Balaban J connectivity index is 1.96. The Bertz CT molecular complexity index is 1250. The van der Waals surface area contributed by atoms with Crippen LogP contribution in [-0.4, -0.2) is 76.4 Å². The first-order valence-electron chi connectivity index (χ1n) is 13.1. The summed E-state index contributed by atoms with van der Waals surface area (Å²) in [6.07, 6.45) is -0.327. The van der Waals surface area contributed by atoms with Crippen LogP contribution < -0.4 is 32.7 Å². The summed E-state index contributed by atoms with van der Waals surface area (Å²) >= 11 is 0. The van der Waals surface area contributed by atoms with Crippen molar-refractivity contribution in [3.8, 4) is 5.75 Å². The molecule has 0 unspecified atom stereocenters. The molecule has 10 N–H and O–H groups in total. The zero-order valence-electron chi connectivity index (χ0n) is 23.0. The van der Waals surface area contributed by atoms with Crippen molar-refractivity contribution in [3.63, 3.8) is 0 Å². The van der Waals surface area contributed by atoms with Crippen molar-refractivity contribution < 1.29 is 39.0 Å². The second-order valence-corrected chi connectivity index (χ2v) is 9.64. The lowest BCUT2D eigenvalue weighted by molar-refractivity contribution is -0.142. The van der Waals surface area contributed by atoms with Crippen molar-refractivity contribution in [3.05, 3.63) is 65.7 Å². The fourth-order valence-electron chi connectivity index (χ4n) is 3.81. The number of rotatable bonds is 16. The number of carbonyl (C=O) groups excluding carboxylic acids is 5. The summed E-state index contributed by atoms with van der Waals surface area (Å²) < 4.78 is 0. The molecule has 0 fully saturated rings. The van der Waals surface area contributed by atoms with Crippen molar-refractivity contribution in [2.45, 2.75) is 56.8 Å². The molecule has 2 aromatic carbocycles. The van der Waals surface area contributed by atoms with Crippen LogP contribution in [0.2, 0.25) is 0 Å². The number of carboxylic acid groups (broad SMARTS) is 1. The molecule has 0 saturated carbocycles. The highest BCUT2D eigenvalue weighted by Gasteiger charge is 2.29. The fraction of sp³-hybridized carbons (Fsp3) is 0.357. The van der Waals surface area contributed by atoms with E-state index < -0.39 is 66.2 Å². The maximum Gasteiger partial charge on any atom is 0.326 e. The molecule has 5 amide bonds. The van der Waals surface area contributed by atoms with E-state index in [1.54, 1.807) is 42.5 Å². The Morgan fingerprint density at radius 3 is 1.98 bits per heavy atom. The number of phenolic OH excluding ortho intramolecular Hbond substituents is 1. The number of primary amides is 1. The highest BCUT2D eigenvalue weighted by Crippen LogP contribution is 2.11. The SMILES string of the molecule is C[C@H](NC(=O)CNC(=O)[C@@H](N)Cc1ccc(O)cc1)C(=O)N[C@@H](Cc1ccccc1)C(=O)N[C@@H](CCC(N)=O)C(=O)O. The van der Waals surface area contributed by atoms with Gasteiger partial charge in [-0.25, -0.2) is 4.79 Å². The topological polar surface area (TPSA) is 243 Å². The van der Waals surface area contributed by atoms with Crippen LogP contribution in [0, 0.1) is 0 Å². The van der Waals surface area contributed by atoms with Gasteiger partial charge in [-0.15, -0.1) is 0 Å². The van der Waals surface area contributed by atoms with Crippen molar-refractivity contribution in [1.82, 2.24) is 21.3 Å². The molecule has 0 aliphatic carbocycles. The van der Waals surface area contributed by atoms with Crippen molar-refractivity contribution in [2.24, 2.45) is 11.5 Å². The summed E-state index contributed by atoms with van der Waals surface area (Å²) in [6.45, 7) is 0.907. The number of carbonyl (C=O) groups is 6. The van der Waals surface area contributed by atoms with Gasteiger partial charge in [0.05, 0.1) is 12.6 Å². The van der Waals surface area contributed by atoms with Gasteiger partial charge in [-0.2, -0.15) is 0 Å². The van der Waals surface area contributed by atoms with Crippen LogP contribution in [0.15, 0.2) is 54.6 Å². The summed E-state index contributed by atoms with van der Waals surface area (Å²) in [6, 6.07) is 10.1. The number of nitrogens with two attached hydrogens (primary N) is 2. The zero-order chi connectivity index (χ0) is 31.2. The fourth-order valence-corrected chi connectivity index (χ4v) is 3.81. The third-order valence-electron chi connectivity index (χ3n) is 6.13. The van der Waals surface area contributed by atoms with Crippen molar-refractivity contribution in [1.29, 1.82) is 0 Å². The Morgan fingerprint density at radius 2 is 1.38 bits per heavy atom. The normalized spacial score (nSPS) is 13.5. The molecule has 0 aliphatic heterocycles. The van der Waals surface area contributed by atoms with Gasteiger partial charge in [0.15, 0.2) is 0 Å². The van der Waals surface area contributed by atoms with E-state index in [0.29, 0.717) is 11.1 Å². The van der Waals surface area contributed by atoms with E-state index in [-0.39, 0.29) is 31.4 Å². The molecular formula is C28H36N6O8. The number of hydrogen-bond donors (Lipinski definition) is 8. The Kier molecular flexibility index (Phi) is 12.9. The summed E-state index contributed by atoms with van der Waals surface area (Å²) in [7, 11) is 0. The third-order valence-corrected chi connectivity index (χ3v) is 6.13. The molecule has 0 heterocycles. The molecule has 0 saturated heterocycles. The van der Waals surface area contributed by atoms with Gasteiger partial charge >= 0.3 is 5.97 Å². The molecule has 2 rings (SSSR count). The van der Waals surface area contributed by atoms with Gasteiger partial charge in [-0.05, 0) is 43.0 Å². The number of aliphatic carboxylic acids is 1. The largest absolute Gasteiger partial charge is 0.508 e. The van der Waals surface area contributed by atoms with Crippen LogP contribution in [0.4, 0.5) is 0 Å². The van der Waals surface area contributed by atoms with Gasteiger partial charge in [0.2, 0.25) is 29.5 Å². The van der Waals surface area contributed by atoms with Crippen LogP contribution in [0.25, 0.3) is 0 Å². The number of benzene rings is 2. The first kappa shape index (κ1) is 33.2. The van der Waals surface area contributed by atoms with E-state index >= 15 is 0 Å². The smallest absolute Gasteiger partial charge is 0.326 e. The lowest BCUT2D eigenvalue weighted by atomic mass is 10.0. The van der Waals surface area contributed by atoms with Gasteiger partial charge in [-0.1, -0.05) is 42.5 Å². The molecule has 42 heavy (non-hydrogen) atoms. The second-order valence-electron chi connectivity index (χ2n) is 9.64. The number of nitrogens with one attached hydrogen (secondary N) is 4. The number of amides is 5. The molecule has 4 atom stereocenters. The number of hydrogen-bond acceptors (Lipinski definition) is 8. The minimum Gasteiger partial charge on any atom is -0.508 e. The summed E-state index contributed by atoms with van der Waals surface area (Å²) in [4.78, 5) is 73.2. The van der Waals surface area contributed by atoms with E-state index in [0.717, 1.165) is 0 Å². The molecular weight excluding hydrogens is 548 g/mol. The number of aromatic hydroxyl groups is 1. The van der Waals surface area contributed by atoms with Gasteiger partial charge in [0, 0.05) is 12.8 Å². The predicted molar refractivity (Wildman–Crippen MR) is 150 cm³/mol. The molecule has 2 aromatic rings. The summed E-state index contributed by atoms with van der Waals surface area (Å²) in [5, 5.41) is 28.4. The third kappa shape index (κ3) is 11.6. The first-order valence-corrected chi connectivity index (χ1v) is 13.1. The number of phenols is 1. The highest BCUT2D eigenvalue weighted by atomic mass is 16.4. The van der Waals surface area contributed by atoms with Crippen LogP contribution >= 0.6 is 0 Å². The number of carboxylic acids is 1. The predicted octanol–water partition coefficient (Wildman–Crippen LogP) is -1.55. The lowest BCUT2D eigenvalue weighted by Crippen LogP contribution is -2.56. The van der Waals surface area contributed by atoms with Gasteiger partial charge in [0.1, 0.15) is 23.9 Å². The molecule has 226 valence electrons. The van der Waals surface area contributed by atoms with E-state index in [4.69, 9.17) is 11.5 Å². The quantitative estimate of drug-likeness (QED) is 0.114. The summed E-state index contributed by atoms with van der Waals surface area (Å²) in [5.74, 6) is -4.87. The van der Waals surface area contributed by atoms with E-state index in [1.807, 2.05) is 0 Å². The lowest BCUT2D eigenvalue weighted by Gasteiger charge is -2.23.